The van der Waals surface area contributed by atoms with Crippen LogP contribution in [0.5, 0.6) is 0 Å². The minimum atomic E-state index is -0.676. The van der Waals surface area contributed by atoms with Gasteiger partial charge in [-0.15, -0.1) is 11.3 Å². The molecule has 8 nitrogen and oxygen atoms in total. The first kappa shape index (κ1) is 23.8. The van der Waals surface area contributed by atoms with Gasteiger partial charge in [-0.25, -0.2) is 23.5 Å². The number of anilines is 1. The number of carbonyl (C=O) groups excluding carboxylic acids is 2. The van der Waals surface area contributed by atoms with Crippen LogP contribution in [0.2, 0.25) is 0 Å². The zero-order chi connectivity index (χ0) is 24.5. The molecule has 180 valence electrons. The molecule has 4 rings (SSSR count). The molecule has 34 heavy (non-hydrogen) atoms. The number of carbonyl (C=O) groups is 2. The van der Waals surface area contributed by atoms with Crippen LogP contribution >= 0.6 is 11.3 Å². The van der Waals surface area contributed by atoms with Crippen molar-refractivity contribution in [3.63, 3.8) is 0 Å². The number of amides is 2. The molecule has 1 aliphatic heterocycles. The summed E-state index contributed by atoms with van der Waals surface area (Å²) in [5.41, 5.74) is 0.615. The summed E-state index contributed by atoms with van der Waals surface area (Å²) >= 11 is 1.36. The highest BCUT2D eigenvalue weighted by Gasteiger charge is 2.31. The van der Waals surface area contributed by atoms with Gasteiger partial charge in [-0.05, 0) is 56.3 Å². The predicted octanol–water partition coefficient (Wildman–Crippen LogP) is 4.32. The standard InChI is InChI=1S/C23H25F2N5O3S/c1-23(2,3)33-22(32)27-16-4-6-30(12-16)20(31)18-19-17(5-7-34-19)28-21(29-18)26-11-13-8-14(24)10-15(25)9-13/h5,7-10,16H,4,6,11-12H2,1-3H3,(H,27,32)(H,26,28,29)/t16-/m1/s1. The van der Waals surface area contributed by atoms with Crippen molar-refractivity contribution in [2.75, 3.05) is 18.4 Å². The number of fused-ring (bicyclic) bond motifs is 1. The lowest BCUT2D eigenvalue weighted by Gasteiger charge is -2.22. The molecule has 1 atom stereocenters. The number of aromatic nitrogens is 2. The molecule has 2 amide bonds. The summed E-state index contributed by atoms with van der Waals surface area (Å²) in [6.07, 6.45) is 0.0784. The molecule has 2 N–H and O–H groups in total. The molecule has 2 aromatic heterocycles. The Morgan fingerprint density at radius 2 is 1.94 bits per heavy atom. The average molecular weight is 490 g/mol. The van der Waals surface area contributed by atoms with Crippen LogP contribution in [-0.2, 0) is 11.3 Å². The van der Waals surface area contributed by atoms with E-state index < -0.39 is 23.3 Å². The summed E-state index contributed by atoms with van der Waals surface area (Å²) in [7, 11) is 0. The predicted molar refractivity (Wildman–Crippen MR) is 125 cm³/mol. The Hall–Kier alpha value is -3.34. The van der Waals surface area contributed by atoms with Crippen LogP contribution in [-0.4, -0.2) is 51.6 Å². The Morgan fingerprint density at radius 3 is 2.65 bits per heavy atom. The van der Waals surface area contributed by atoms with Gasteiger partial charge in [-0.3, -0.25) is 4.79 Å². The van der Waals surface area contributed by atoms with Gasteiger partial charge < -0.3 is 20.3 Å². The van der Waals surface area contributed by atoms with E-state index in [1.165, 1.54) is 23.5 Å². The number of nitrogens with zero attached hydrogens (tertiary/aromatic N) is 3. The third-order valence-corrected chi connectivity index (χ3v) is 5.99. The average Bonchev–Trinajstić information content (AvgIpc) is 3.38. The number of likely N-dealkylation sites (tertiary alicyclic amines) is 1. The highest BCUT2D eigenvalue weighted by molar-refractivity contribution is 7.17. The van der Waals surface area contributed by atoms with Gasteiger partial charge in [0.15, 0.2) is 5.69 Å². The molecule has 11 heteroatoms. The summed E-state index contributed by atoms with van der Waals surface area (Å²) in [5.74, 6) is -1.44. The van der Waals surface area contributed by atoms with Gasteiger partial charge in [-0.2, -0.15) is 0 Å². The zero-order valence-electron chi connectivity index (χ0n) is 19.0. The van der Waals surface area contributed by atoms with Gasteiger partial charge in [0.1, 0.15) is 17.2 Å². The summed E-state index contributed by atoms with van der Waals surface area (Å²) in [5, 5.41) is 7.57. The third kappa shape index (κ3) is 5.77. The van der Waals surface area contributed by atoms with Crippen molar-refractivity contribution in [1.29, 1.82) is 0 Å². The lowest BCUT2D eigenvalue weighted by Crippen LogP contribution is -2.41. The SMILES string of the molecule is CC(C)(C)OC(=O)N[C@@H]1CCN(C(=O)c2nc(NCc3cc(F)cc(F)c3)nc3ccsc23)C1. The fraction of sp³-hybridized carbons (Fsp3) is 0.391. The Kier molecular flexibility index (Phi) is 6.65. The maximum Gasteiger partial charge on any atom is 0.407 e. The number of alkyl carbamates (subject to hydrolysis) is 1. The molecule has 0 aliphatic carbocycles. The second kappa shape index (κ2) is 9.49. The van der Waals surface area contributed by atoms with E-state index in [-0.39, 0.29) is 30.1 Å². The van der Waals surface area contributed by atoms with Crippen molar-refractivity contribution in [3.8, 4) is 0 Å². The summed E-state index contributed by atoms with van der Waals surface area (Å²) in [6.45, 7) is 6.24. The van der Waals surface area contributed by atoms with Crippen LogP contribution < -0.4 is 10.6 Å². The molecule has 0 unspecified atom stereocenters. The van der Waals surface area contributed by atoms with Gasteiger partial charge in [-0.1, -0.05) is 0 Å². The van der Waals surface area contributed by atoms with Crippen molar-refractivity contribution >= 4 is 39.5 Å². The number of halogens is 2. The molecule has 3 heterocycles. The molecular formula is C23H25F2N5O3S. The van der Waals surface area contributed by atoms with Gasteiger partial charge in [0.05, 0.1) is 16.3 Å². The molecule has 0 spiro atoms. The molecular weight excluding hydrogens is 464 g/mol. The molecule has 3 aromatic rings. The minimum absolute atomic E-state index is 0.0869. The van der Waals surface area contributed by atoms with E-state index in [0.717, 1.165) is 6.07 Å². The molecule has 0 radical (unpaired) electrons. The Morgan fingerprint density at radius 1 is 1.21 bits per heavy atom. The molecule has 0 bridgehead atoms. The van der Waals surface area contributed by atoms with Gasteiger partial charge in [0, 0.05) is 25.7 Å². The van der Waals surface area contributed by atoms with Crippen LogP contribution in [0.15, 0.2) is 29.6 Å². The van der Waals surface area contributed by atoms with E-state index in [1.54, 1.807) is 31.7 Å². The molecule has 0 saturated carbocycles. The largest absolute Gasteiger partial charge is 0.444 e. The fourth-order valence-electron chi connectivity index (χ4n) is 3.67. The first-order valence-electron chi connectivity index (χ1n) is 10.8. The van der Waals surface area contributed by atoms with Crippen molar-refractivity contribution < 1.29 is 23.1 Å². The van der Waals surface area contributed by atoms with Crippen LogP contribution in [0.1, 0.15) is 43.2 Å². The maximum atomic E-state index is 13.5. The number of thiophene rings is 1. The first-order chi connectivity index (χ1) is 16.1. The minimum Gasteiger partial charge on any atom is -0.444 e. The van der Waals surface area contributed by atoms with Crippen LogP contribution in [0, 0.1) is 11.6 Å². The van der Waals surface area contributed by atoms with E-state index >= 15 is 0 Å². The monoisotopic (exact) mass is 489 g/mol. The van der Waals surface area contributed by atoms with E-state index in [4.69, 9.17) is 4.74 Å². The van der Waals surface area contributed by atoms with Crippen molar-refractivity contribution in [3.05, 3.63) is 52.5 Å². The number of rotatable bonds is 5. The van der Waals surface area contributed by atoms with Gasteiger partial charge in [0.2, 0.25) is 5.95 Å². The molecule has 1 aromatic carbocycles. The van der Waals surface area contributed by atoms with Gasteiger partial charge in [0.25, 0.3) is 5.91 Å². The number of hydrogen-bond donors (Lipinski definition) is 2. The number of ether oxygens (including phenoxy) is 1. The maximum absolute atomic E-state index is 13.5. The number of benzene rings is 1. The van der Waals surface area contributed by atoms with E-state index in [0.29, 0.717) is 35.3 Å². The van der Waals surface area contributed by atoms with Crippen LogP contribution in [0.25, 0.3) is 10.2 Å². The van der Waals surface area contributed by atoms with E-state index in [1.807, 2.05) is 5.38 Å². The van der Waals surface area contributed by atoms with E-state index in [2.05, 4.69) is 20.6 Å². The van der Waals surface area contributed by atoms with Crippen molar-refractivity contribution in [1.82, 2.24) is 20.2 Å². The Bertz CT molecular complexity index is 1210. The zero-order valence-corrected chi connectivity index (χ0v) is 19.8. The molecule has 1 saturated heterocycles. The lowest BCUT2D eigenvalue weighted by atomic mass is 10.2. The lowest BCUT2D eigenvalue weighted by molar-refractivity contribution is 0.0502. The Labute approximate surface area is 199 Å². The van der Waals surface area contributed by atoms with Crippen molar-refractivity contribution in [2.24, 2.45) is 0 Å². The normalized spacial score (nSPS) is 16.0. The third-order valence-electron chi connectivity index (χ3n) is 5.08. The Balaban J connectivity index is 1.47. The summed E-state index contributed by atoms with van der Waals surface area (Å²) in [4.78, 5) is 35.8. The quantitative estimate of drug-likeness (QED) is 0.554. The number of nitrogens with one attached hydrogen (secondary N) is 2. The summed E-state index contributed by atoms with van der Waals surface area (Å²) in [6, 6.07) is 4.79. The molecule has 1 aliphatic rings. The highest BCUT2D eigenvalue weighted by Crippen LogP contribution is 2.26. The van der Waals surface area contributed by atoms with Crippen molar-refractivity contribution in [2.45, 2.75) is 45.4 Å². The highest BCUT2D eigenvalue weighted by atomic mass is 32.1. The first-order valence-corrected chi connectivity index (χ1v) is 11.7. The fourth-order valence-corrected chi connectivity index (χ4v) is 4.48. The van der Waals surface area contributed by atoms with Crippen LogP contribution in [0.4, 0.5) is 19.5 Å². The smallest absolute Gasteiger partial charge is 0.407 e. The topological polar surface area (TPSA) is 96.5 Å². The van der Waals surface area contributed by atoms with Gasteiger partial charge >= 0.3 is 6.09 Å². The molecule has 1 fully saturated rings. The van der Waals surface area contributed by atoms with E-state index in [9.17, 15) is 18.4 Å². The van der Waals surface area contributed by atoms with Crippen LogP contribution in [0.3, 0.4) is 0 Å². The second-order valence-electron chi connectivity index (χ2n) is 9.05. The second-order valence-corrected chi connectivity index (χ2v) is 9.96. The summed E-state index contributed by atoms with van der Waals surface area (Å²) < 4.78 is 32.9. The number of hydrogen-bond acceptors (Lipinski definition) is 7.